The third-order valence-electron chi connectivity index (χ3n) is 4.44. The lowest BCUT2D eigenvalue weighted by Gasteiger charge is -2.32. The SMILES string of the molecule is COc1ccc(OC[C@H]2CCCN(C(=O)CCn3cncn3)C2)cc1. The molecule has 0 spiro atoms. The first-order valence-electron chi connectivity index (χ1n) is 8.61. The number of methoxy groups -OCH3 is 1. The molecule has 7 nitrogen and oxygen atoms in total. The second-order valence-corrected chi connectivity index (χ2v) is 6.24. The number of rotatable bonds is 7. The molecule has 134 valence electrons. The highest BCUT2D eigenvalue weighted by Gasteiger charge is 2.24. The van der Waals surface area contributed by atoms with E-state index in [2.05, 4.69) is 10.1 Å². The van der Waals surface area contributed by atoms with Crippen LogP contribution in [-0.2, 0) is 11.3 Å². The van der Waals surface area contributed by atoms with Crippen LogP contribution < -0.4 is 9.47 Å². The van der Waals surface area contributed by atoms with Crippen LogP contribution in [0.25, 0.3) is 0 Å². The molecule has 25 heavy (non-hydrogen) atoms. The summed E-state index contributed by atoms with van der Waals surface area (Å²) in [7, 11) is 1.65. The van der Waals surface area contributed by atoms with Gasteiger partial charge in [-0.25, -0.2) is 4.98 Å². The number of hydrogen-bond acceptors (Lipinski definition) is 5. The Bertz CT molecular complexity index is 657. The normalized spacial score (nSPS) is 17.3. The van der Waals surface area contributed by atoms with Crippen LogP contribution in [0, 0.1) is 5.92 Å². The predicted molar refractivity (Wildman–Crippen MR) is 92.4 cm³/mol. The minimum Gasteiger partial charge on any atom is -0.497 e. The van der Waals surface area contributed by atoms with Crippen molar-refractivity contribution < 1.29 is 14.3 Å². The fourth-order valence-corrected chi connectivity index (χ4v) is 3.03. The van der Waals surface area contributed by atoms with Crippen molar-refractivity contribution in [3.05, 3.63) is 36.9 Å². The number of benzene rings is 1. The Labute approximate surface area is 147 Å². The third kappa shape index (κ3) is 4.95. The van der Waals surface area contributed by atoms with E-state index in [4.69, 9.17) is 9.47 Å². The molecule has 2 heterocycles. The zero-order valence-corrected chi connectivity index (χ0v) is 14.5. The molecule has 1 aliphatic rings. The molecule has 1 saturated heterocycles. The molecule has 1 aliphatic heterocycles. The number of aryl methyl sites for hydroxylation is 1. The zero-order chi connectivity index (χ0) is 17.5. The summed E-state index contributed by atoms with van der Waals surface area (Å²) in [5, 5.41) is 4.03. The summed E-state index contributed by atoms with van der Waals surface area (Å²) in [6, 6.07) is 7.58. The number of carbonyl (C=O) groups excluding carboxylic acids is 1. The number of hydrogen-bond donors (Lipinski definition) is 0. The molecule has 2 aromatic rings. The van der Waals surface area contributed by atoms with E-state index in [1.165, 1.54) is 6.33 Å². The first-order chi connectivity index (χ1) is 12.2. The van der Waals surface area contributed by atoms with E-state index < -0.39 is 0 Å². The van der Waals surface area contributed by atoms with Gasteiger partial charge in [0, 0.05) is 25.4 Å². The minimum atomic E-state index is 0.171. The van der Waals surface area contributed by atoms with Gasteiger partial charge in [0.25, 0.3) is 0 Å². The maximum atomic E-state index is 12.4. The van der Waals surface area contributed by atoms with Gasteiger partial charge in [-0.05, 0) is 37.1 Å². The molecule has 0 N–H and O–H groups in total. The Hall–Kier alpha value is -2.57. The number of piperidine rings is 1. The second kappa shape index (κ2) is 8.50. The van der Waals surface area contributed by atoms with Crippen molar-refractivity contribution in [1.29, 1.82) is 0 Å². The Morgan fingerprint density at radius 2 is 2.08 bits per heavy atom. The molecule has 0 unspecified atom stereocenters. The topological polar surface area (TPSA) is 69.5 Å². The van der Waals surface area contributed by atoms with Crippen molar-refractivity contribution in [1.82, 2.24) is 19.7 Å². The van der Waals surface area contributed by atoms with Gasteiger partial charge in [-0.3, -0.25) is 9.48 Å². The molecule has 3 rings (SSSR count). The number of carbonyl (C=O) groups is 1. The van der Waals surface area contributed by atoms with E-state index in [1.54, 1.807) is 18.1 Å². The standard InChI is InChI=1S/C18H24N4O3/c1-24-16-4-6-17(7-5-16)25-12-15-3-2-9-21(11-15)18(23)8-10-22-14-19-13-20-22/h4-7,13-15H,2-3,8-12H2,1H3/t15-/m0/s1. The number of likely N-dealkylation sites (tertiary alicyclic amines) is 1. The lowest BCUT2D eigenvalue weighted by molar-refractivity contribution is -0.133. The van der Waals surface area contributed by atoms with Gasteiger partial charge >= 0.3 is 0 Å². The summed E-state index contributed by atoms with van der Waals surface area (Å²) in [6.07, 6.45) is 5.68. The summed E-state index contributed by atoms with van der Waals surface area (Å²) in [6.45, 7) is 2.78. The van der Waals surface area contributed by atoms with Crippen molar-refractivity contribution in [2.75, 3.05) is 26.8 Å². The van der Waals surface area contributed by atoms with Crippen LogP contribution in [0.5, 0.6) is 11.5 Å². The minimum absolute atomic E-state index is 0.171. The second-order valence-electron chi connectivity index (χ2n) is 6.24. The van der Waals surface area contributed by atoms with Gasteiger partial charge in [-0.1, -0.05) is 0 Å². The summed E-state index contributed by atoms with van der Waals surface area (Å²) in [5.41, 5.74) is 0. The average molecular weight is 344 g/mol. The maximum Gasteiger partial charge on any atom is 0.224 e. The van der Waals surface area contributed by atoms with Gasteiger partial charge in [0.2, 0.25) is 5.91 Å². The van der Waals surface area contributed by atoms with Gasteiger partial charge in [-0.2, -0.15) is 5.10 Å². The van der Waals surface area contributed by atoms with E-state index >= 15 is 0 Å². The largest absolute Gasteiger partial charge is 0.497 e. The molecular weight excluding hydrogens is 320 g/mol. The molecule has 0 radical (unpaired) electrons. The molecule has 0 aliphatic carbocycles. The van der Waals surface area contributed by atoms with Gasteiger partial charge in [-0.15, -0.1) is 0 Å². The number of amides is 1. The van der Waals surface area contributed by atoms with Crippen molar-refractivity contribution in [3.8, 4) is 11.5 Å². The molecule has 1 atom stereocenters. The van der Waals surface area contributed by atoms with Gasteiger partial charge in [0.05, 0.1) is 20.3 Å². The van der Waals surface area contributed by atoms with Crippen molar-refractivity contribution in [2.45, 2.75) is 25.8 Å². The highest BCUT2D eigenvalue weighted by atomic mass is 16.5. The van der Waals surface area contributed by atoms with Crippen LogP contribution in [0.4, 0.5) is 0 Å². The number of aromatic nitrogens is 3. The summed E-state index contributed by atoms with van der Waals surface area (Å²) >= 11 is 0. The van der Waals surface area contributed by atoms with Crippen molar-refractivity contribution in [2.24, 2.45) is 5.92 Å². The quantitative estimate of drug-likeness (QED) is 0.768. The molecule has 0 bridgehead atoms. The third-order valence-corrected chi connectivity index (χ3v) is 4.44. The molecule has 1 aromatic carbocycles. The van der Waals surface area contributed by atoms with Crippen molar-refractivity contribution in [3.63, 3.8) is 0 Å². The van der Waals surface area contributed by atoms with Crippen LogP contribution >= 0.6 is 0 Å². The predicted octanol–water partition coefficient (Wildman–Crippen LogP) is 1.99. The van der Waals surface area contributed by atoms with E-state index in [-0.39, 0.29) is 5.91 Å². The smallest absolute Gasteiger partial charge is 0.224 e. The Kier molecular flexibility index (Phi) is 5.87. The van der Waals surface area contributed by atoms with Gasteiger partial charge in [0.1, 0.15) is 24.2 Å². The van der Waals surface area contributed by atoms with Crippen LogP contribution in [0.2, 0.25) is 0 Å². The monoisotopic (exact) mass is 344 g/mol. The zero-order valence-electron chi connectivity index (χ0n) is 14.5. The van der Waals surface area contributed by atoms with Crippen molar-refractivity contribution >= 4 is 5.91 Å². The molecule has 0 saturated carbocycles. The lowest BCUT2D eigenvalue weighted by Crippen LogP contribution is -2.41. The average Bonchev–Trinajstić information content (AvgIpc) is 3.19. The molecular formula is C18H24N4O3. The molecule has 1 fully saturated rings. The lowest BCUT2D eigenvalue weighted by atomic mass is 9.98. The fraction of sp³-hybridized carbons (Fsp3) is 0.500. The summed E-state index contributed by atoms with van der Waals surface area (Å²) < 4.78 is 12.7. The summed E-state index contributed by atoms with van der Waals surface area (Å²) in [4.78, 5) is 18.2. The van der Waals surface area contributed by atoms with E-state index in [0.29, 0.717) is 25.5 Å². The fourth-order valence-electron chi connectivity index (χ4n) is 3.03. The van der Waals surface area contributed by atoms with Gasteiger partial charge < -0.3 is 14.4 Å². The van der Waals surface area contributed by atoms with Crippen LogP contribution in [0.15, 0.2) is 36.9 Å². The molecule has 7 heteroatoms. The number of nitrogens with zero attached hydrogens (tertiary/aromatic N) is 4. The Balaban J connectivity index is 1.44. The van der Waals surface area contributed by atoms with E-state index in [1.807, 2.05) is 29.2 Å². The molecule has 1 aromatic heterocycles. The molecule has 1 amide bonds. The number of ether oxygens (including phenoxy) is 2. The first-order valence-corrected chi connectivity index (χ1v) is 8.61. The Morgan fingerprint density at radius 1 is 1.28 bits per heavy atom. The first kappa shape index (κ1) is 17.3. The highest BCUT2D eigenvalue weighted by Crippen LogP contribution is 2.21. The highest BCUT2D eigenvalue weighted by molar-refractivity contribution is 5.76. The Morgan fingerprint density at radius 3 is 2.80 bits per heavy atom. The van der Waals surface area contributed by atoms with E-state index in [9.17, 15) is 4.79 Å². The maximum absolute atomic E-state index is 12.4. The van der Waals surface area contributed by atoms with Crippen LogP contribution in [0.3, 0.4) is 0 Å². The van der Waals surface area contributed by atoms with Gasteiger partial charge in [0.15, 0.2) is 0 Å². The van der Waals surface area contributed by atoms with E-state index in [0.717, 1.165) is 37.4 Å². The van der Waals surface area contributed by atoms with Crippen LogP contribution in [-0.4, -0.2) is 52.4 Å². The van der Waals surface area contributed by atoms with Crippen LogP contribution in [0.1, 0.15) is 19.3 Å². The summed E-state index contributed by atoms with van der Waals surface area (Å²) in [5.74, 6) is 2.18.